The van der Waals surface area contributed by atoms with Gasteiger partial charge in [-0.3, -0.25) is 19.5 Å². The molecule has 12 heteroatoms. The van der Waals surface area contributed by atoms with Crippen molar-refractivity contribution >= 4 is 68.9 Å². The zero-order valence-corrected chi connectivity index (χ0v) is 21.8. The maximum Gasteiger partial charge on any atom is 0.301 e. The first-order chi connectivity index (χ1) is 17.8. The zero-order valence-electron chi connectivity index (χ0n) is 18.6. The van der Waals surface area contributed by atoms with Crippen LogP contribution in [0.2, 0.25) is 10.0 Å². The van der Waals surface area contributed by atoms with E-state index in [2.05, 4.69) is 15.2 Å². The van der Waals surface area contributed by atoms with E-state index in [1.165, 1.54) is 35.0 Å². The molecule has 1 aliphatic heterocycles. The van der Waals surface area contributed by atoms with Gasteiger partial charge in [-0.05, 0) is 53.6 Å². The van der Waals surface area contributed by atoms with E-state index in [9.17, 15) is 19.1 Å². The highest BCUT2D eigenvalue weighted by Gasteiger charge is 2.48. The van der Waals surface area contributed by atoms with Crippen molar-refractivity contribution in [3.8, 4) is 0 Å². The molecule has 1 atom stereocenters. The monoisotopic (exact) mass is 572 g/mol. The Bertz CT molecular complexity index is 1530. The normalized spacial score (nSPS) is 16.9. The average Bonchev–Trinajstić information content (AvgIpc) is 3.46. The topological polar surface area (TPSA) is 96.3 Å². The number of amides is 1. The molecule has 0 saturated carbocycles. The van der Waals surface area contributed by atoms with Gasteiger partial charge in [0.2, 0.25) is 5.13 Å². The molecule has 3 heterocycles. The van der Waals surface area contributed by atoms with Crippen LogP contribution in [0.3, 0.4) is 0 Å². The number of aromatic nitrogens is 3. The highest BCUT2D eigenvalue weighted by molar-refractivity contribution is 8.00. The van der Waals surface area contributed by atoms with Crippen LogP contribution in [0.25, 0.3) is 5.76 Å². The molecule has 186 valence electrons. The summed E-state index contributed by atoms with van der Waals surface area (Å²) in [4.78, 5) is 31.7. The van der Waals surface area contributed by atoms with Gasteiger partial charge in [0, 0.05) is 33.8 Å². The second kappa shape index (κ2) is 10.6. The summed E-state index contributed by atoms with van der Waals surface area (Å²) < 4.78 is 14.0. The van der Waals surface area contributed by atoms with Crippen molar-refractivity contribution in [2.75, 3.05) is 4.90 Å². The number of hydrogen-bond acceptors (Lipinski definition) is 8. The molecular formula is C25H15Cl2FN4O3S2. The number of rotatable bonds is 6. The second-order valence-corrected chi connectivity index (χ2v) is 10.9. The number of anilines is 1. The molecule has 1 unspecified atom stereocenters. The number of Topliss-reactive ketones (excluding diaryl/α,β-unsaturated/α-hetero) is 1. The number of benzene rings is 2. The number of aliphatic hydroxyl groups is 1. The lowest BCUT2D eigenvalue weighted by atomic mass is 9.96. The van der Waals surface area contributed by atoms with Crippen LogP contribution in [0.15, 0.2) is 76.9 Å². The summed E-state index contributed by atoms with van der Waals surface area (Å²) in [5, 5.41) is 20.6. The molecule has 0 aliphatic carbocycles. The van der Waals surface area contributed by atoms with Crippen molar-refractivity contribution in [3.63, 3.8) is 0 Å². The van der Waals surface area contributed by atoms with Crippen molar-refractivity contribution < 1.29 is 19.1 Å². The van der Waals surface area contributed by atoms with Gasteiger partial charge in [0.1, 0.15) is 11.6 Å². The van der Waals surface area contributed by atoms with Crippen LogP contribution < -0.4 is 4.90 Å². The number of carbonyl (C=O) groups excluding carboxylic acids is 2. The fraction of sp³-hybridized carbons (Fsp3) is 0.0800. The lowest BCUT2D eigenvalue weighted by Gasteiger charge is -2.22. The fourth-order valence-corrected chi connectivity index (χ4v) is 6.21. The predicted octanol–water partition coefficient (Wildman–Crippen LogP) is 6.30. The number of aliphatic hydroxyl groups excluding tert-OH is 1. The second-order valence-electron chi connectivity index (χ2n) is 7.84. The quantitative estimate of drug-likeness (QED) is 0.0951. The highest BCUT2D eigenvalue weighted by atomic mass is 35.5. The SMILES string of the molecule is O=C1C(=O)N(c2nnc(SCc3ccc(Cl)cc3Cl)s2)C(c2cccnc2)/C1=C(/O)c1ccc(F)cc1. The van der Waals surface area contributed by atoms with E-state index >= 15 is 0 Å². The van der Waals surface area contributed by atoms with Gasteiger partial charge in [0.05, 0.1) is 11.6 Å². The summed E-state index contributed by atoms with van der Waals surface area (Å²) in [5.41, 5.74) is 1.38. The van der Waals surface area contributed by atoms with Crippen molar-refractivity contribution in [2.24, 2.45) is 0 Å². The molecule has 2 aromatic heterocycles. The Morgan fingerprint density at radius 2 is 1.89 bits per heavy atom. The third kappa shape index (κ3) is 5.10. The largest absolute Gasteiger partial charge is 0.507 e. The molecule has 7 nitrogen and oxygen atoms in total. The first-order valence-electron chi connectivity index (χ1n) is 10.7. The minimum absolute atomic E-state index is 0.151. The number of hydrogen-bond donors (Lipinski definition) is 1. The molecule has 1 saturated heterocycles. The number of nitrogens with zero attached hydrogens (tertiary/aromatic N) is 4. The van der Waals surface area contributed by atoms with Crippen LogP contribution in [-0.4, -0.2) is 32.0 Å². The molecule has 1 fully saturated rings. The Balaban J connectivity index is 1.51. The van der Waals surface area contributed by atoms with Gasteiger partial charge in [0.25, 0.3) is 5.78 Å². The molecule has 1 amide bonds. The maximum absolute atomic E-state index is 13.4. The molecule has 37 heavy (non-hydrogen) atoms. The first kappa shape index (κ1) is 25.3. The third-order valence-corrected chi connectivity index (χ3v) is 8.22. The van der Waals surface area contributed by atoms with E-state index in [1.54, 1.807) is 30.5 Å². The van der Waals surface area contributed by atoms with Crippen LogP contribution in [0.1, 0.15) is 22.7 Å². The van der Waals surface area contributed by atoms with E-state index in [-0.39, 0.29) is 16.3 Å². The molecule has 0 radical (unpaired) electrons. The van der Waals surface area contributed by atoms with Crippen LogP contribution >= 0.6 is 46.3 Å². The van der Waals surface area contributed by atoms with E-state index in [4.69, 9.17) is 23.2 Å². The first-order valence-corrected chi connectivity index (χ1v) is 13.3. The fourth-order valence-electron chi connectivity index (χ4n) is 3.78. The molecule has 0 bridgehead atoms. The summed E-state index contributed by atoms with van der Waals surface area (Å²) in [6, 6.07) is 12.5. The van der Waals surface area contributed by atoms with E-state index < -0.39 is 29.3 Å². The van der Waals surface area contributed by atoms with Crippen LogP contribution in [0.4, 0.5) is 9.52 Å². The Kier molecular flexibility index (Phi) is 7.25. The lowest BCUT2D eigenvalue weighted by molar-refractivity contribution is -0.132. The highest BCUT2D eigenvalue weighted by Crippen LogP contribution is 2.44. The summed E-state index contributed by atoms with van der Waals surface area (Å²) in [6.45, 7) is 0. The van der Waals surface area contributed by atoms with Gasteiger partial charge in [0.15, 0.2) is 4.34 Å². The van der Waals surface area contributed by atoms with Crippen molar-refractivity contribution in [1.82, 2.24) is 15.2 Å². The molecule has 4 aromatic rings. The number of halogens is 3. The summed E-state index contributed by atoms with van der Waals surface area (Å²) >= 11 is 14.7. The van der Waals surface area contributed by atoms with E-state index in [1.807, 2.05) is 6.07 Å². The molecule has 2 aromatic carbocycles. The Labute approximate surface area is 228 Å². The van der Waals surface area contributed by atoms with Gasteiger partial charge in [-0.2, -0.15) is 0 Å². The average molecular weight is 573 g/mol. The lowest BCUT2D eigenvalue weighted by Crippen LogP contribution is -2.29. The standard InChI is InChI=1S/C25H15Cl2FN4O3S2/c26-16-6-3-15(18(27)10-16)12-36-25-31-30-24(37-25)32-20(14-2-1-9-29-11-14)19(22(34)23(32)35)21(33)13-4-7-17(28)8-5-13/h1-11,20,33H,12H2/b21-19-. The summed E-state index contributed by atoms with van der Waals surface area (Å²) in [5.74, 6) is -2.20. The maximum atomic E-state index is 13.4. The minimum Gasteiger partial charge on any atom is -0.507 e. The predicted molar refractivity (Wildman–Crippen MR) is 141 cm³/mol. The van der Waals surface area contributed by atoms with Crippen LogP contribution in [-0.2, 0) is 15.3 Å². The summed E-state index contributed by atoms with van der Waals surface area (Å²) in [6.07, 6.45) is 3.05. The molecule has 0 spiro atoms. The minimum atomic E-state index is -1.00. The third-order valence-electron chi connectivity index (χ3n) is 5.53. The van der Waals surface area contributed by atoms with Crippen molar-refractivity contribution in [2.45, 2.75) is 16.1 Å². The number of pyridine rings is 1. The van der Waals surface area contributed by atoms with Crippen LogP contribution in [0.5, 0.6) is 0 Å². The van der Waals surface area contributed by atoms with Gasteiger partial charge < -0.3 is 5.11 Å². The van der Waals surface area contributed by atoms with Gasteiger partial charge >= 0.3 is 5.91 Å². The van der Waals surface area contributed by atoms with Crippen LogP contribution in [0, 0.1) is 5.82 Å². The van der Waals surface area contributed by atoms with Crippen molar-refractivity contribution in [1.29, 1.82) is 0 Å². The molecular weight excluding hydrogens is 558 g/mol. The van der Waals surface area contributed by atoms with Gasteiger partial charge in [-0.15, -0.1) is 10.2 Å². The zero-order chi connectivity index (χ0) is 26.1. The Morgan fingerprint density at radius 3 is 2.59 bits per heavy atom. The number of carbonyl (C=O) groups is 2. The van der Waals surface area contributed by atoms with Gasteiger partial charge in [-0.1, -0.05) is 58.4 Å². The summed E-state index contributed by atoms with van der Waals surface area (Å²) in [7, 11) is 0. The molecule has 1 N–H and O–H groups in total. The van der Waals surface area contributed by atoms with E-state index in [0.29, 0.717) is 25.7 Å². The van der Waals surface area contributed by atoms with Gasteiger partial charge in [-0.25, -0.2) is 4.39 Å². The smallest absolute Gasteiger partial charge is 0.301 e. The Hall–Kier alpha value is -3.31. The Morgan fingerprint density at radius 1 is 1.11 bits per heavy atom. The number of ketones is 1. The number of thioether (sulfide) groups is 1. The van der Waals surface area contributed by atoms with Crippen molar-refractivity contribution in [3.05, 3.63) is 105 Å². The molecule has 1 aliphatic rings. The van der Waals surface area contributed by atoms with E-state index in [0.717, 1.165) is 29.0 Å². The molecule has 5 rings (SSSR count).